The Bertz CT molecular complexity index is 792. The predicted octanol–water partition coefficient (Wildman–Crippen LogP) is 4.49. The Balaban J connectivity index is 1.69. The molecule has 0 aliphatic heterocycles. The summed E-state index contributed by atoms with van der Waals surface area (Å²) in [5.41, 5.74) is 2.56. The maximum Gasteiger partial charge on any atom is 0.0498 e. The Morgan fingerprint density at radius 3 is 2.59 bits per heavy atom. The van der Waals surface area contributed by atoms with Gasteiger partial charge in [0.15, 0.2) is 0 Å². The van der Waals surface area contributed by atoms with E-state index in [1.165, 1.54) is 21.2 Å². The molecule has 114 valence electrons. The maximum atomic E-state index is 11.4. The van der Waals surface area contributed by atoms with Crippen LogP contribution in [0.4, 0.5) is 0 Å². The molecule has 0 unspecified atom stereocenters. The molecule has 0 spiro atoms. The van der Waals surface area contributed by atoms with Gasteiger partial charge in [0, 0.05) is 39.2 Å². The SMILES string of the molecule is C[C@H](NCc1ccc([S@](C)=O)cc1)c1csc2ccccc12. The number of fused-ring (bicyclic) bond motifs is 1. The Labute approximate surface area is 137 Å². The molecule has 0 aliphatic rings. The highest BCUT2D eigenvalue weighted by Gasteiger charge is 2.10. The minimum atomic E-state index is -0.909. The van der Waals surface area contributed by atoms with Gasteiger partial charge in [0.05, 0.1) is 0 Å². The molecule has 1 N–H and O–H groups in total. The van der Waals surface area contributed by atoms with Gasteiger partial charge in [-0.25, -0.2) is 0 Å². The van der Waals surface area contributed by atoms with Gasteiger partial charge in [-0.1, -0.05) is 30.3 Å². The molecule has 4 heteroatoms. The smallest absolute Gasteiger partial charge is 0.0498 e. The van der Waals surface area contributed by atoms with Crippen molar-refractivity contribution in [1.82, 2.24) is 5.32 Å². The average molecular weight is 329 g/mol. The van der Waals surface area contributed by atoms with Gasteiger partial charge < -0.3 is 5.32 Å². The number of benzene rings is 2. The van der Waals surface area contributed by atoms with Crippen LogP contribution in [0, 0.1) is 0 Å². The molecule has 0 amide bonds. The van der Waals surface area contributed by atoms with E-state index in [1.807, 2.05) is 24.3 Å². The van der Waals surface area contributed by atoms with E-state index in [9.17, 15) is 4.21 Å². The van der Waals surface area contributed by atoms with Gasteiger partial charge >= 0.3 is 0 Å². The number of hydrogen-bond acceptors (Lipinski definition) is 3. The fourth-order valence-electron chi connectivity index (χ4n) is 2.51. The lowest BCUT2D eigenvalue weighted by atomic mass is 10.1. The second-order valence-corrected chi connectivity index (χ2v) is 7.68. The molecule has 1 aromatic heterocycles. The summed E-state index contributed by atoms with van der Waals surface area (Å²) in [6.45, 7) is 3.01. The van der Waals surface area contributed by atoms with Crippen molar-refractivity contribution in [3.8, 4) is 0 Å². The van der Waals surface area contributed by atoms with Crippen LogP contribution in [0.5, 0.6) is 0 Å². The highest BCUT2D eigenvalue weighted by Crippen LogP contribution is 2.30. The minimum Gasteiger partial charge on any atom is -0.306 e. The molecule has 3 aromatic rings. The van der Waals surface area contributed by atoms with Crippen molar-refractivity contribution in [3.63, 3.8) is 0 Å². The van der Waals surface area contributed by atoms with Crippen molar-refractivity contribution in [2.24, 2.45) is 0 Å². The van der Waals surface area contributed by atoms with Gasteiger partial charge in [0.2, 0.25) is 0 Å². The molecular weight excluding hydrogens is 310 g/mol. The fraction of sp³-hybridized carbons (Fsp3) is 0.222. The number of hydrogen-bond donors (Lipinski definition) is 1. The molecule has 2 aromatic carbocycles. The van der Waals surface area contributed by atoms with Crippen LogP contribution >= 0.6 is 11.3 Å². The predicted molar refractivity (Wildman–Crippen MR) is 95.9 cm³/mol. The summed E-state index contributed by atoms with van der Waals surface area (Å²) < 4.78 is 12.7. The Morgan fingerprint density at radius 1 is 1.14 bits per heavy atom. The van der Waals surface area contributed by atoms with Crippen LogP contribution in [0.1, 0.15) is 24.1 Å². The summed E-state index contributed by atoms with van der Waals surface area (Å²) in [6, 6.07) is 16.8. The van der Waals surface area contributed by atoms with Crippen LogP contribution in [-0.4, -0.2) is 10.5 Å². The molecule has 3 rings (SSSR count). The molecule has 2 atom stereocenters. The summed E-state index contributed by atoms with van der Waals surface area (Å²) >= 11 is 1.80. The number of rotatable bonds is 5. The second kappa shape index (κ2) is 6.73. The zero-order chi connectivity index (χ0) is 15.5. The zero-order valence-electron chi connectivity index (χ0n) is 12.7. The monoisotopic (exact) mass is 329 g/mol. The summed E-state index contributed by atoms with van der Waals surface area (Å²) in [5.74, 6) is 0. The van der Waals surface area contributed by atoms with E-state index in [4.69, 9.17) is 0 Å². The van der Waals surface area contributed by atoms with Crippen molar-refractivity contribution >= 4 is 32.2 Å². The number of nitrogens with one attached hydrogen (secondary N) is 1. The first-order valence-corrected chi connectivity index (χ1v) is 9.71. The van der Waals surface area contributed by atoms with E-state index in [1.54, 1.807) is 17.6 Å². The van der Waals surface area contributed by atoms with E-state index >= 15 is 0 Å². The average Bonchev–Trinajstić information content (AvgIpc) is 2.97. The topological polar surface area (TPSA) is 29.1 Å². The Kier molecular flexibility index (Phi) is 4.71. The van der Waals surface area contributed by atoms with Crippen molar-refractivity contribution in [2.75, 3.05) is 6.26 Å². The number of thiophene rings is 1. The Morgan fingerprint density at radius 2 is 1.86 bits per heavy atom. The second-order valence-electron chi connectivity index (χ2n) is 5.39. The van der Waals surface area contributed by atoms with Crippen LogP contribution in [0.15, 0.2) is 58.8 Å². The molecule has 0 bridgehead atoms. The van der Waals surface area contributed by atoms with Gasteiger partial charge in [0.1, 0.15) is 0 Å². The molecule has 2 nitrogen and oxygen atoms in total. The molecule has 0 saturated heterocycles. The quantitative estimate of drug-likeness (QED) is 0.747. The highest BCUT2D eigenvalue weighted by atomic mass is 32.2. The molecule has 1 heterocycles. The van der Waals surface area contributed by atoms with Gasteiger partial charge in [-0.2, -0.15) is 0 Å². The summed E-state index contributed by atoms with van der Waals surface area (Å²) in [6.07, 6.45) is 1.71. The molecular formula is C18H19NOS2. The zero-order valence-corrected chi connectivity index (χ0v) is 14.3. The fourth-order valence-corrected chi connectivity index (χ4v) is 4.09. The molecule has 0 radical (unpaired) electrons. The van der Waals surface area contributed by atoms with Crippen LogP contribution in [-0.2, 0) is 17.3 Å². The van der Waals surface area contributed by atoms with Crippen molar-refractivity contribution in [1.29, 1.82) is 0 Å². The van der Waals surface area contributed by atoms with Gasteiger partial charge in [0.25, 0.3) is 0 Å². The third-order valence-corrected chi connectivity index (χ3v) is 5.76. The van der Waals surface area contributed by atoms with E-state index in [0.29, 0.717) is 6.04 Å². The Hall–Kier alpha value is -1.49. The molecule has 0 saturated carbocycles. The van der Waals surface area contributed by atoms with Crippen LogP contribution in [0.25, 0.3) is 10.1 Å². The minimum absolute atomic E-state index is 0.302. The van der Waals surface area contributed by atoms with Crippen LogP contribution in [0.3, 0.4) is 0 Å². The lowest BCUT2D eigenvalue weighted by molar-refractivity contribution is 0.579. The van der Waals surface area contributed by atoms with Gasteiger partial charge in [-0.15, -0.1) is 11.3 Å². The van der Waals surface area contributed by atoms with Gasteiger partial charge in [-0.3, -0.25) is 4.21 Å². The first-order valence-electron chi connectivity index (χ1n) is 7.27. The largest absolute Gasteiger partial charge is 0.306 e. The van der Waals surface area contributed by atoms with Crippen molar-refractivity contribution in [2.45, 2.75) is 24.4 Å². The van der Waals surface area contributed by atoms with Crippen LogP contribution in [0.2, 0.25) is 0 Å². The standard InChI is InChI=1S/C18H19NOS2/c1-13(17-12-21-18-6-4-3-5-16(17)18)19-11-14-7-9-15(10-8-14)22(2)20/h3-10,12-13,19H,11H2,1-2H3/t13-,22-/m0/s1. The summed E-state index contributed by atoms with van der Waals surface area (Å²) in [7, 11) is -0.909. The lowest BCUT2D eigenvalue weighted by Gasteiger charge is -2.13. The van der Waals surface area contributed by atoms with Crippen LogP contribution < -0.4 is 5.32 Å². The molecule has 0 aliphatic carbocycles. The summed E-state index contributed by atoms with van der Waals surface area (Å²) in [5, 5.41) is 7.15. The first kappa shape index (κ1) is 15.4. The molecule has 22 heavy (non-hydrogen) atoms. The lowest BCUT2D eigenvalue weighted by Crippen LogP contribution is -2.17. The summed E-state index contributed by atoms with van der Waals surface area (Å²) in [4.78, 5) is 0.876. The van der Waals surface area contributed by atoms with Crippen molar-refractivity contribution in [3.05, 3.63) is 65.0 Å². The third-order valence-electron chi connectivity index (χ3n) is 3.85. The first-order chi connectivity index (χ1) is 10.6. The van der Waals surface area contributed by atoms with E-state index in [-0.39, 0.29) is 0 Å². The normalized spacial score (nSPS) is 14.1. The highest BCUT2D eigenvalue weighted by molar-refractivity contribution is 7.84. The van der Waals surface area contributed by atoms with E-state index in [0.717, 1.165) is 11.4 Å². The van der Waals surface area contributed by atoms with Gasteiger partial charge in [-0.05, 0) is 47.0 Å². The molecule has 0 fully saturated rings. The maximum absolute atomic E-state index is 11.4. The van der Waals surface area contributed by atoms with E-state index in [2.05, 4.69) is 41.9 Å². The van der Waals surface area contributed by atoms with E-state index < -0.39 is 10.8 Å². The third kappa shape index (κ3) is 3.29. The van der Waals surface area contributed by atoms with Crippen molar-refractivity contribution < 1.29 is 4.21 Å².